The largest absolute Gasteiger partial charge is 0.453 e. The summed E-state index contributed by atoms with van der Waals surface area (Å²) in [5.41, 5.74) is 1.30. The lowest BCUT2D eigenvalue weighted by Crippen LogP contribution is -2.44. The summed E-state index contributed by atoms with van der Waals surface area (Å²) in [6, 6.07) is 0. The number of fused-ring (bicyclic) bond motifs is 1. The summed E-state index contributed by atoms with van der Waals surface area (Å²) in [5.74, 6) is 2.32. The fourth-order valence-electron chi connectivity index (χ4n) is 3.67. The van der Waals surface area contributed by atoms with Crippen LogP contribution in [0.4, 0.5) is 16.6 Å². The van der Waals surface area contributed by atoms with Gasteiger partial charge in [-0.1, -0.05) is 17.7 Å². The molecule has 176 valence electrons. The second-order valence-electron chi connectivity index (χ2n) is 8.45. The molecule has 1 unspecified atom stereocenters. The van der Waals surface area contributed by atoms with Crippen LogP contribution in [0.1, 0.15) is 31.8 Å². The number of halogens is 1. The van der Waals surface area contributed by atoms with Crippen molar-refractivity contribution in [1.82, 2.24) is 25.3 Å². The molecular formula is C21H26ClN7O3S. The molecule has 0 saturated heterocycles. The molecule has 0 saturated carbocycles. The molecule has 0 aromatic carbocycles. The maximum absolute atomic E-state index is 12.7. The zero-order valence-corrected chi connectivity index (χ0v) is 20.3. The minimum atomic E-state index is -1.16. The molecule has 4 rings (SSSR count). The number of rotatable bonds is 6. The molecule has 2 aromatic heterocycles. The number of carbonyl (C=O) groups excluding carboxylic acids is 1. The van der Waals surface area contributed by atoms with E-state index in [0.29, 0.717) is 59.3 Å². The third-order valence-corrected chi connectivity index (χ3v) is 7.05. The van der Waals surface area contributed by atoms with Crippen molar-refractivity contribution >= 4 is 45.8 Å². The van der Waals surface area contributed by atoms with Crippen molar-refractivity contribution in [3.05, 3.63) is 35.0 Å². The van der Waals surface area contributed by atoms with Gasteiger partial charge in [-0.05, 0) is 25.8 Å². The summed E-state index contributed by atoms with van der Waals surface area (Å²) in [6.07, 6.45) is 6.12. The molecule has 0 radical (unpaired) electrons. The molecule has 2 aliphatic rings. The molecule has 0 aliphatic carbocycles. The highest BCUT2D eigenvalue weighted by molar-refractivity contribution is 7.85. The Morgan fingerprint density at radius 1 is 1.27 bits per heavy atom. The zero-order chi connectivity index (χ0) is 23.6. The molecule has 12 heteroatoms. The third kappa shape index (κ3) is 5.41. The quantitative estimate of drug-likeness (QED) is 0.627. The van der Waals surface area contributed by atoms with E-state index in [0.717, 1.165) is 17.7 Å². The lowest BCUT2D eigenvalue weighted by atomic mass is 10.1. The summed E-state index contributed by atoms with van der Waals surface area (Å²) in [6.45, 7) is 5.47. The summed E-state index contributed by atoms with van der Waals surface area (Å²) in [4.78, 5) is 32.3. The predicted molar refractivity (Wildman–Crippen MR) is 127 cm³/mol. The molecule has 1 amide bonds. The van der Waals surface area contributed by atoms with E-state index in [2.05, 4.69) is 36.3 Å². The standard InChI is InChI=1S/C21H26ClN7O3S/c1-21(2,12-25-20(30)32-3)28-18-16-15(6-9-33(16)31)26-19(27-18)29-7-4-13(5-8-29)17-23-10-14(22)11-24-17/h4,10-11H,5-9,12H2,1-3H3,(H,25,30)(H,26,27,28). The lowest BCUT2D eigenvalue weighted by molar-refractivity contribution is 0.169. The predicted octanol–water partition coefficient (Wildman–Crippen LogP) is 2.42. The van der Waals surface area contributed by atoms with E-state index in [1.807, 2.05) is 13.8 Å². The van der Waals surface area contributed by atoms with Crippen LogP contribution in [0.25, 0.3) is 5.57 Å². The molecule has 2 aliphatic heterocycles. The van der Waals surface area contributed by atoms with Gasteiger partial charge in [0.25, 0.3) is 0 Å². The summed E-state index contributed by atoms with van der Waals surface area (Å²) in [5, 5.41) is 6.56. The third-order valence-electron chi connectivity index (χ3n) is 5.39. The Morgan fingerprint density at radius 3 is 2.70 bits per heavy atom. The number of nitrogens with zero attached hydrogens (tertiary/aromatic N) is 5. The average Bonchev–Trinajstić information content (AvgIpc) is 3.19. The number of aromatic nitrogens is 4. The van der Waals surface area contributed by atoms with Crippen molar-refractivity contribution in [2.75, 3.05) is 42.7 Å². The van der Waals surface area contributed by atoms with E-state index < -0.39 is 22.4 Å². The number of hydrogen-bond acceptors (Lipinski definition) is 9. The van der Waals surface area contributed by atoms with Crippen molar-refractivity contribution in [1.29, 1.82) is 0 Å². The number of carbonyl (C=O) groups is 1. The van der Waals surface area contributed by atoms with Gasteiger partial charge in [0.05, 0.1) is 34.2 Å². The van der Waals surface area contributed by atoms with Crippen LogP contribution in [-0.4, -0.2) is 68.3 Å². The molecular weight excluding hydrogens is 466 g/mol. The van der Waals surface area contributed by atoms with Crippen LogP contribution in [-0.2, 0) is 22.0 Å². The van der Waals surface area contributed by atoms with E-state index in [4.69, 9.17) is 21.6 Å². The summed E-state index contributed by atoms with van der Waals surface area (Å²) < 4.78 is 17.3. The van der Waals surface area contributed by atoms with Crippen molar-refractivity contribution in [3.8, 4) is 0 Å². The second kappa shape index (κ2) is 9.60. The molecule has 10 nitrogen and oxygen atoms in total. The van der Waals surface area contributed by atoms with Gasteiger partial charge in [0, 0.05) is 44.2 Å². The first-order chi connectivity index (χ1) is 15.8. The first kappa shape index (κ1) is 23.4. The van der Waals surface area contributed by atoms with Crippen molar-refractivity contribution in [2.24, 2.45) is 0 Å². The molecule has 2 aromatic rings. The highest BCUT2D eigenvalue weighted by atomic mass is 35.5. The highest BCUT2D eigenvalue weighted by Crippen LogP contribution is 2.32. The number of aryl methyl sites for hydroxylation is 1. The van der Waals surface area contributed by atoms with Gasteiger partial charge in [0.15, 0.2) is 5.82 Å². The summed E-state index contributed by atoms with van der Waals surface area (Å²) >= 11 is 5.89. The normalized spacial score (nSPS) is 17.9. The van der Waals surface area contributed by atoms with Crippen LogP contribution >= 0.6 is 11.6 Å². The number of anilines is 2. The van der Waals surface area contributed by atoms with E-state index in [-0.39, 0.29) is 0 Å². The van der Waals surface area contributed by atoms with E-state index in [1.165, 1.54) is 7.11 Å². The molecule has 4 heterocycles. The fourth-order valence-corrected chi connectivity index (χ4v) is 5.08. The van der Waals surface area contributed by atoms with E-state index in [1.54, 1.807) is 12.4 Å². The fraction of sp³-hybridized carbons (Fsp3) is 0.476. The molecule has 2 N–H and O–H groups in total. The van der Waals surface area contributed by atoms with Gasteiger partial charge in [-0.25, -0.2) is 19.7 Å². The number of alkyl carbamates (subject to hydrolysis) is 1. The maximum atomic E-state index is 12.7. The zero-order valence-electron chi connectivity index (χ0n) is 18.7. The van der Waals surface area contributed by atoms with Gasteiger partial charge in [0.1, 0.15) is 10.7 Å². The Kier molecular flexibility index (Phi) is 6.80. The van der Waals surface area contributed by atoms with Crippen LogP contribution < -0.4 is 15.5 Å². The average molecular weight is 492 g/mol. The van der Waals surface area contributed by atoms with Crippen LogP contribution in [0, 0.1) is 0 Å². The van der Waals surface area contributed by atoms with E-state index in [9.17, 15) is 9.00 Å². The smallest absolute Gasteiger partial charge is 0.406 e. The van der Waals surface area contributed by atoms with E-state index >= 15 is 0 Å². The van der Waals surface area contributed by atoms with Gasteiger partial charge in [-0.15, -0.1) is 0 Å². The minimum absolute atomic E-state index is 0.303. The van der Waals surface area contributed by atoms with Crippen LogP contribution in [0.5, 0.6) is 0 Å². The monoisotopic (exact) mass is 491 g/mol. The Morgan fingerprint density at radius 2 is 2.03 bits per heavy atom. The Hall–Kier alpha value is -2.79. The maximum Gasteiger partial charge on any atom is 0.406 e. The van der Waals surface area contributed by atoms with Gasteiger partial charge in [0.2, 0.25) is 5.95 Å². The van der Waals surface area contributed by atoms with Crippen LogP contribution in [0.3, 0.4) is 0 Å². The molecule has 0 fully saturated rings. The lowest BCUT2D eigenvalue weighted by Gasteiger charge is -2.30. The van der Waals surface area contributed by atoms with Crippen molar-refractivity contribution in [3.63, 3.8) is 0 Å². The summed E-state index contributed by atoms with van der Waals surface area (Å²) in [7, 11) is 0.158. The van der Waals surface area contributed by atoms with Crippen molar-refractivity contribution in [2.45, 2.75) is 37.1 Å². The first-order valence-corrected chi connectivity index (χ1v) is 12.3. The second-order valence-corrected chi connectivity index (χ2v) is 10.4. The number of nitrogens with one attached hydrogen (secondary N) is 2. The number of methoxy groups -OCH3 is 1. The van der Waals surface area contributed by atoms with Crippen LogP contribution in [0.15, 0.2) is 23.4 Å². The topological polar surface area (TPSA) is 122 Å². The van der Waals surface area contributed by atoms with Gasteiger partial charge >= 0.3 is 6.09 Å². The van der Waals surface area contributed by atoms with Crippen LogP contribution in [0.2, 0.25) is 5.02 Å². The van der Waals surface area contributed by atoms with Crippen molar-refractivity contribution < 1.29 is 13.7 Å². The van der Waals surface area contributed by atoms with Gasteiger partial charge < -0.3 is 20.3 Å². The minimum Gasteiger partial charge on any atom is -0.453 e. The molecule has 0 spiro atoms. The number of hydrogen-bond donors (Lipinski definition) is 2. The SMILES string of the molecule is COC(=O)NCC(C)(C)Nc1nc(N2CC=C(c3ncc(Cl)cn3)CC2)nc2c1S(=O)CC2. The molecule has 33 heavy (non-hydrogen) atoms. The number of ether oxygens (including phenoxy) is 1. The molecule has 1 atom stereocenters. The Labute approximate surface area is 199 Å². The van der Waals surface area contributed by atoms with Gasteiger partial charge in [-0.3, -0.25) is 4.21 Å². The Bertz CT molecular complexity index is 1110. The highest BCUT2D eigenvalue weighted by Gasteiger charge is 2.30. The Balaban J connectivity index is 1.56. The first-order valence-electron chi connectivity index (χ1n) is 10.6. The molecule has 0 bridgehead atoms. The van der Waals surface area contributed by atoms with Gasteiger partial charge in [-0.2, -0.15) is 4.98 Å². The number of amides is 1.